The van der Waals surface area contributed by atoms with Gasteiger partial charge in [-0.2, -0.15) is 19.9 Å². The van der Waals surface area contributed by atoms with Gasteiger partial charge in [0.2, 0.25) is 11.6 Å². The Labute approximate surface area is 398 Å². The first-order chi connectivity index (χ1) is 32.5. The molecule has 0 saturated heterocycles. The number of nitrogens with one attached hydrogen (secondary N) is 1. The number of carbonyl (C=O) groups excluding carboxylic acids is 3. The van der Waals surface area contributed by atoms with Crippen molar-refractivity contribution >= 4 is 46.6 Å². The molecule has 366 valence electrons. The summed E-state index contributed by atoms with van der Waals surface area (Å²) in [7, 11) is 0. The van der Waals surface area contributed by atoms with Crippen LogP contribution in [0.25, 0.3) is 0 Å². The van der Waals surface area contributed by atoms with Crippen molar-refractivity contribution in [2.24, 2.45) is 0 Å². The van der Waals surface area contributed by atoms with Crippen molar-refractivity contribution in [2.75, 3.05) is 60.7 Å². The molecule has 19 nitrogen and oxygen atoms in total. The lowest BCUT2D eigenvalue weighted by atomic mass is 9.97. The molecule has 0 spiro atoms. The number of hydrogen-bond acceptors (Lipinski definition) is 17. The van der Waals surface area contributed by atoms with E-state index < -0.39 is 16.2 Å². The Kier molecular flexibility index (Phi) is 17.5. The van der Waals surface area contributed by atoms with E-state index in [1.165, 1.54) is 11.1 Å². The van der Waals surface area contributed by atoms with Crippen LogP contribution in [0.3, 0.4) is 0 Å². The number of rotatable bonds is 18. The van der Waals surface area contributed by atoms with Crippen molar-refractivity contribution in [3.05, 3.63) is 85.5 Å². The summed E-state index contributed by atoms with van der Waals surface area (Å²) < 4.78 is 16.8. The number of ketones is 2. The average molecular weight is 938 g/mol. The lowest BCUT2D eigenvalue weighted by molar-refractivity contribution is -0.383. The molecular formula is C49H67N11O8. The summed E-state index contributed by atoms with van der Waals surface area (Å²) in [5.74, 6) is 0.701. The van der Waals surface area contributed by atoms with Gasteiger partial charge in [-0.3, -0.25) is 19.7 Å². The highest BCUT2D eigenvalue weighted by molar-refractivity contribution is 5.91. The Balaban J connectivity index is 0.000000237. The van der Waals surface area contributed by atoms with E-state index >= 15 is 0 Å². The van der Waals surface area contributed by atoms with E-state index in [1.807, 2.05) is 57.7 Å². The summed E-state index contributed by atoms with van der Waals surface area (Å²) in [5, 5.41) is 15.4. The second kappa shape index (κ2) is 23.4. The zero-order chi connectivity index (χ0) is 49.0. The van der Waals surface area contributed by atoms with Crippen molar-refractivity contribution in [2.45, 2.75) is 131 Å². The number of nitrogens with zero attached hydrogens (tertiary/aromatic N) is 8. The molecule has 4 aromatic rings. The fraction of sp³-hybridized carbons (Fsp3) is 0.531. The predicted octanol–water partition coefficient (Wildman–Crippen LogP) is 6.83. The predicted molar refractivity (Wildman–Crippen MR) is 260 cm³/mol. The Morgan fingerprint density at radius 3 is 2.19 bits per heavy atom. The van der Waals surface area contributed by atoms with Gasteiger partial charge in [-0.15, -0.1) is 0 Å². The fourth-order valence-corrected chi connectivity index (χ4v) is 8.19. The highest BCUT2D eigenvalue weighted by Gasteiger charge is 2.31. The molecule has 0 bridgehead atoms. The molecule has 0 aliphatic carbocycles. The van der Waals surface area contributed by atoms with E-state index in [2.05, 4.69) is 50.4 Å². The van der Waals surface area contributed by atoms with Crippen LogP contribution >= 0.6 is 0 Å². The minimum absolute atomic E-state index is 0.0680. The third-order valence-corrected chi connectivity index (χ3v) is 11.6. The number of benzene rings is 2. The smallest absolute Gasteiger partial charge is 0.410 e. The lowest BCUT2D eigenvalue weighted by Gasteiger charge is -2.31. The van der Waals surface area contributed by atoms with Crippen LogP contribution in [-0.4, -0.2) is 92.4 Å². The van der Waals surface area contributed by atoms with Gasteiger partial charge in [-0.25, -0.2) is 4.79 Å². The summed E-state index contributed by atoms with van der Waals surface area (Å²) in [4.78, 5) is 71.5. The second-order valence-electron chi connectivity index (χ2n) is 18.4. The van der Waals surface area contributed by atoms with Crippen molar-refractivity contribution in [3.63, 3.8) is 0 Å². The highest BCUT2D eigenvalue weighted by Crippen LogP contribution is 2.35. The number of nitrogen functional groups attached to an aromatic ring is 2. The minimum Gasteiger partial charge on any atom is -0.463 e. The van der Waals surface area contributed by atoms with E-state index in [1.54, 1.807) is 9.80 Å². The first-order valence-electron chi connectivity index (χ1n) is 23.7. The number of ether oxygens (including phenoxy) is 3. The van der Waals surface area contributed by atoms with Crippen LogP contribution in [0.2, 0.25) is 0 Å². The molecule has 0 saturated carbocycles. The van der Waals surface area contributed by atoms with Gasteiger partial charge in [0.25, 0.3) is 0 Å². The number of Topliss-reactive ketones (excluding diaryl/α,β-unsaturated/α-hetero) is 2. The van der Waals surface area contributed by atoms with Crippen molar-refractivity contribution in [1.82, 2.24) is 30.2 Å². The molecule has 68 heavy (non-hydrogen) atoms. The molecule has 5 N–H and O–H groups in total. The second-order valence-corrected chi connectivity index (χ2v) is 18.4. The van der Waals surface area contributed by atoms with Crippen LogP contribution in [0.15, 0.2) is 36.4 Å². The third kappa shape index (κ3) is 13.7. The molecule has 7 rings (SSSR count). The van der Waals surface area contributed by atoms with Gasteiger partial charge in [0.05, 0.1) is 31.2 Å². The lowest BCUT2D eigenvalue weighted by Crippen LogP contribution is -2.40. The third-order valence-electron chi connectivity index (χ3n) is 11.6. The molecule has 0 atom stereocenters. The molecule has 3 aliphatic heterocycles. The maximum absolute atomic E-state index is 12.8. The van der Waals surface area contributed by atoms with Crippen molar-refractivity contribution < 1.29 is 33.5 Å². The Morgan fingerprint density at radius 1 is 0.853 bits per heavy atom. The normalized spacial score (nSPS) is 14.2. The molecule has 1 amide bonds. The number of fused-ring (bicyclic) bond motifs is 3. The fourth-order valence-electron chi connectivity index (χ4n) is 8.19. The summed E-state index contributed by atoms with van der Waals surface area (Å²) in [6, 6.07) is 12.7. The highest BCUT2D eigenvalue weighted by atomic mass is 16.6. The topological polar surface area (TPSA) is 247 Å². The number of anilines is 4. The van der Waals surface area contributed by atoms with Gasteiger partial charge in [0, 0.05) is 51.1 Å². The van der Waals surface area contributed by atoms with Crippen molar-refractivity contribution in [3.8, 4) is 12.0 Å². The largest absolute Gasteiger partial charge is 0.463 e. The molecule has 0 radical (unpaired) electrons. The number of carbonyl (C=O) groups is 3. The van der Waals surface area contributed by atoms with Gasteiger partial charge in [0.1, 0.15) is 17.2 Å². The standard InChI is InChI=1S/C28H40N6O6.C21H27N5O2/c1-6-8-14-39-26-30-24(29)23(34(37)38)25(31-26)33(18-22(35)9-7-2)16-19-10-11-20-12-13-32(17-21(20)15-19)27(36)40-28(3,4)5;1-2-3-8-28-21-24-19(22)18-10-17(27)13-26(20(18)25-21)12-14-4-5-15-6-7-23-11-16(15)9-14/h10-11,15H,6-9,12-14,16-18H2,1-5H3,(H2,29,30,31);4-5,9,23H,2-3,6-8,10-13H2,1H3,(H2,22,24,25). The van der Waals surface area contributed by atoms with Crippen LogP contribution in [0, 0.1) is 10.1 Å². The summed E-state index contributed by atoms with van der Waals surface area (Å²) in [6.45, 7) is 16.2. The number of amides is 1. The van der Waals surface area contributed by atoms with Crippen LogP contribution in [0.1, 0.15) is 119 Å². The molecule has 2 aromatic carbocycles. The van der Waals surface area contributed by atoms with Crippen LogP contribution in [0.5, 0.6) is 12.0 Å². The maximum atomic E-state index is 12.8. The van der Waals surface area contributed by atoms with Gasteiger partial charge >= 0.3 is 23.8 Å². The monoisotopic (exact) mass is 938 g/mol. The van der Waals surface area contributed by atoms with Gasteiger partial charge in [-0.1, -0.05) is 70.0 Å². The van der Waals surface area contributed by atoms with Crippen LogP contribution in [0.4, 0.5) is 33.8 Å². The zero-order valence-electron chi connectivity index (χ0n) is 40.4. The Bertz CT molecular complexity index is 2440. The van der Waals surface area contributed by atoms with E-state index in [4.69, 9.17) is 25.7 Å². The van der Waals surface area contributed by atoms with Gasteiger partial charge in [-0.05, 0) is 92.8 Å². The summed E-state index contributed by atoms with van der Waals surface area (Å²) in [6.07, 6.45) is 6.22. The molecule has 0 unspecified atom stereocenters. The number of nitro groups is 1. The van der Waals surface area contributed by atoms with E-state index in [9.17, 15) is 24.5 Å². The number of aromatic nitrogens is 4. The average Bonchev–Trinajstić information content (AvgIpc) is 3.28. The van der Waals surface area contributed by atoms with E-state index in [-0.39, 0.29) is 54.8 Å². The minimum atomic E-state index is -0.636. The first-order valence-corrected chi connectivity index (χ1v) is 23.7. The van der Waals surface area contributed by atoms with Crippen LogP contribution < -0.4 is 36.1 Å². The van der Waals surface area contributed by atoms with Crippen molar-refractivity contribution in [1.29, 1.82) is 0 Å². The molecule has 5 heterocycles. The SMILES string of the molecule is CCCCOc1nc(N)c([N+](=O)[O-])c(N(CC(=O)CCC)Cc2ccc3c(c2)CN(C(=O)OC(C)(C)C)CC3)n1.CCCCOc1nc(N)c2c(n1)N(Cc1ccc3c(c1)CNCC3)CC(=O)C2. The van der Waals surface area contributed by atoms with Gasteiger partial charge < -0.3 is 45.7 Å². The molecule has 3 aliphatic rings. The number of unbranched alkanes of at least 4 members (excludes halogenated alkanes) is 2. The van der Waals surface area contributed by atoms with E-state index in [0.29, 0.717) is 76.0 Å². The molecule has 0 fully saturated rings. The molecule has 19 heteroatoms. The summed E-state index contributed by atoms with van der Waals surface area (Å²) in [5.41, 5.74) is 18.5. The molecular weight excluding hydrogens is 871 g/mol. The zero-order valence-corrected chi connectivity index (χ0v) is 40.4. The van der Waals surface area contributed by atoms with Crippen LogP contribution in [-0.2, 0) is 59.8 Å². The molecule has 2 aromatic heterocycles. The van der Waals surface area contributed by atoms with Gasteiger partial charge in [0.15, 0.2) is 11.6 Å². The number of hydrogen-bond donors (Lipinski definition) is 3. The Hall–Kier alpha value is -6.63. The summed E-state index contributed by atoms with van der Waals surface area (Å²) >= 11 is 0. The number of nitrogens with two attached hydrogens (primary N) is 2. The Morgan fingerprint density at radius 2 is 1.51 bits per heavy atom. The van der Waals surface area contributed by atoms with E-state index in [0.717, 1.165) is 73.3 Å². The first kappa shape index (κ1) is 50.8. The quantitative estimate of drug-likeness (QED) is 0.0525. The maximum Gasteiger partial charge on any atom is 0.410 e.